The number of hydrogen-bond donors (Lipinski definition) is 1. The number of nitrogens with one attached hydrogen (secondary N) is 1. The topological polar surface area (TPSA) is 63.1 Å². The normalized spacial score (nSPS) is 10.5. The Bertz CT molecular complexity index is 594. The van der Waals surface area contributed by atoms with Crippen LogP contribution in [-0.2, 0) is 13.1 Å². The van der Waals surface area contributed by atoms with Crippen molar-refractivity contribution in [2.24, 2.45) is 0 Å². The lowest BCUT2D eigenvalue weighted by molar-refractivity contribution is 0.529. The molecule has 0 unspecified atom stereocenters. The molecule has 1 N–H and O–H groups in total. The second-order valence-corrected chi connectivity index (χ2v) is 4.67. The molecule has 0 radical (unpaired) electrons. The molecule has 0 saturated carbocycles. The van der Waals surface area contributed by atoms with E-state index in [4.69, 9.17) is 0 Å². The second-order valence-electron chi connectivity index (χ2n) is 4.67. The van der Waals surface area contributed by atoms with Gasteiger partial charge in [0.15, 0.2) is 0 Å². The molecule has 0 spiro atoms. The molecule has 2 aromatic heterocycles. The van der Waals surface area contributed by atoms with Gasteiger partial charge in [0.1, 0.15) is 0 Å². The first-order valence-electron chi connectivity index (χ1n) is 6.52. The van der Waals surface area contributed by atoms with Crippen molar-refractivity contribution in [1.29, 1.82) is 0 Å². The van der Waals surface area contributed by atoms with Crippen LogP contribution in [-0.4, -0.2) is 35.4 Å². The molecule has 0 aliphatic carbocycles. The molecule has 2 heterocycles. The summed E-state index contributed by atoms with van der Waals surface area (Å²) in [7, 11) is 3.77. The lowest BCUT2D eigenvalue weighted by atomic mass is 10.3. The minimum absolute atomic E-state index is 0.0872. The van der Waals surface area contributed by atoms with Crippen molar-refractivity contribution in [2.45, 2.75) is 13.1 Å². The van der Waals surface area contributed by atoms with Gasteiger partial charge in [-0.1, -0.05) is 6.07 Å². The minimum atomic E-state index is -0.0872. The van der Waals surface area contributed by atoms with Gasteiger partial charge in [-0.2, -0.15) is 5.10 Å². The van der Waals surface area contributed by atoms with E-state index < -0.39 is 0 Å². The Kier molecular flexibility index (Phi) is 4.84. The smallest absolute Gasteiger partial charge is 0.268 e. The standard InChI is InChI=1S/C14H19N5O/c1-18(2)13-9-14(20)19(17-11-13)8-7-15-10-12-5-3-4-6-16-12/h3-6,9,11,15H,7-8,10H2,1-2H3. The zero-order valence-corrected chi connectivity index (χ0v) is 11.8. The van der Waals surface area contributed by atoms with E-state index in [0.29, 0.717) is 19.6 Å². The fraction of sp³-hybridized carbons (Fsp3) is 0.357. The summed E-state index contributed by atoms with van der Waals surface area (Å²) in [6, 6.07) is 7.39. The van der Waals surface area contributed by atoms with Crippen LogP contribution < -0.4 is 15.8 Å². The molecule has 0 aromatic carbocycles. The Hall–Kier alpha value is -2.21. The Morgan fingerprint density at radius 3 is 2.85 bits per heavy atom. The van der Waals surface area contributed by atoms with Gasteiger partial charge in [0.05, 0.1) is 24.1 Å². The first-order chi connectivity index (χ1) is 9.66. The molecule has 0 bridgehead atoms. The quantitative estimate of drug-likeness (QED) is 0.776. The molecule has 106 valence electrons. The van der Waals surface area contributed by atoms with Gasteiger partial charge >= 0.3 is 0 Å². The molecule has 2 aromatic rings. The predicted octanol–water partition coefficient (Wildman–Crippen LogP) is 0.494. The van der Waals surface area contributed by atoms with Crippen molar-refractivity contribution in [1.82, 2.24) is 20.1 Å². The van der Waals surface area contributed by atoms with Crippen LogP contribution in [0, 0.1) is 0 Å². The van der Waals surface area contributed by atoms with E-state index in [2.05, 4.69) is 15.4 Å². The first kappa shape index (κ1) is 14.2. The Morgan fingerprint density at radius 1 is 1.35 bits per heavy atom. The van der Waals surface area contributed by atoms with Gasteiger partial charge in [-0.15, -0.1) is 0 Å². The van der Waals surface area contributed by atoms with Crippen LogP contribution in [0.3, 0.4) is 0 Å². The zero-order valence-electron chi connectivity index (χ0n) is 11.8. The average Bonchev–Trinajstić information content (AvgIpc) is 2.46. The maximum Gasteiger partial charge on any atom is 0.268 e. The Balaban J connectivity index is 1.84. The second kappa shape index (κ2) is 6.81. The molecule has 0 amide bonds. The number of rotatable bonds is 6. The van der Waals surface area contributed by atoms with E-state index in [1.165, 1.54) is 4.68 Å². The van der Waals surface area contributed by atoms with Crippen molar-refractivity contribution in [3.63, 3.8) is 0 Å². The fourth-order valence-electron chi connectivity index (χ4n) is 1.74. The third-order valence-electron chi connectivity index (χ3n) is 2.90. The summed E-state index contributed by atoms with van der Waals surface area (Å²) in [5.41, 5.74) is 1.71. The van der Waals surface area contributed by atoms with Crippen molar-refractivity contribution in [3.05, 3.63) is 52.7 Å². The third-order valence-corrected chi connectivity index (χ3v) is 2.90. The maximum absolute atomic E-state index is 11.8. The van der Waals surface area contributed by atoms with Gasteiger partial charge in [-0.25, -0.2) is 4.68 Å². The first-order valence-corrected chi connectivity index (χ1v) is 6.52. The highest BCUT2D eigenvalue weighted by atomic mass is 16.1. The molecular formula is C14H19N5O. The molecule has 20 heavy (non-hydrogen) atoms. The van der Waals surface area contributed by atoms with E-state index in [1.807, 2.05) is 37.2 Å². The highest BCUT2D eigenvalue weighted by Gasteiger charge is 2.01. The van der Waals surface area contributed by atoms with Crippen LogP contribution in [0.2, 0.25) is 0 Å². The molecule has 2 rings (SSSR count). The van der Waals surface area contributed by atoms with E-state index in [9.17, 15) is 4.79 Å². The monoisotopic (exact) mass is 273 g/mol. The predicted molar refractivity (Wildman–Crippen MR) is 78.8 cm³/mol. The summed E-state index contributed by atoms with van der Waals surface area (Å²) in [4.78, 5) is 17.9. The number of anilines is 1. The summed E-state index contributed by atoms with van der Waals surface area (Å²) in [5, 5.41) is 7.39. The van der Waals surface area contributed by atoms with Crippen LogP contribution in [0.1, 0.15) is 5.69 Å². The van der Waals surface area contributed by atoms with Crippen molar-refractivity contribution in [3.8, 4) is 0 Å². The lowest BCUT2D eigenvalue weighted by Gasteiger charge is -2.12. The lowest BCUT2D eigenvalue weighted by Crippen LogP contribution is -2.29. The number of nitrogens with zero attached hydrogens (tertiary/aromatic N) is 4. The average molecular weight is 273 g/mol. The number of aromatic nitrogens is 3. The summed E-state index contributed by atoms with van der Waals surface area (Å²) in [6.45, 7) is 1.90. The third kappa shape index (κ3) is 3.89. The molecule has 6 heteroatoms. The van der Waals surface area contributed by atoms with Gasteiger partial charge in [-0.05, 0) is 12.1 Å². The summed E-state index contributed by atoms with van der Waals surface area (Å²) < 4.78 is 1.46. The van der Waals surface area contributed by atoms with Gasteiger partial charge in [0.2, 0.25) is 0 Å². The van der Waals surface area contributed by atoms with Gasteiger partial charge < -0.3 is 10.2 Å². The van der Waals surface area contributed by atoms with E-state index in [-0.39, 0.29) is 5.56 Å². The molecule has 0 aliphatic heterocycles. The van der Waals surface area contributed by atoms with Crippen LogP contribution in [0.4, 0.5) is 5.69 Å². The highest BCUT2D eigenvalue weighted by Crippen LogP contribution is 2.03. The van der Waals surface area contributed by atoms with Crippen molar-refractivity contribution in [2.75, 3.05) is 25.5 Å². The molecule has 0 saturated heterocycles. The largest absolute Gasteiger partial charge is 0.376 e. The number of hydrogen-bond acceptors (Lipinski definition) is 5. The molecule has 0 atom stereocenters. The van der Waals surface area contributed by atoms with Gasteiger partial charge in [-0.3, -0.25) is 9.78 Å². The van der Waals surface area contributed by atoms with Crippen molar-refractivity contribution >= 4 is 5.69 Å². The number of pyridine rings is 1. The van der Waals surface area contributed by atoms with E-state index in [1.54, 1.807) is 18.5 Å². The van der Waals surface area contributed by atoms with E-state index in [0.717, 1.165) is 11.4 Å². The molecule has 6 nitrogen and oxygen atoms in total. The Labute approximate surface area is 118 Å². The van der Waals surface area contributed by atoms with Crippen LogP contribution in [0.25, 0.3) is 0 Å². The highest BCUT2D eigenvalue weighted by molar-refractivity contribution is 5.40. The van der Waals surface area contributed by atoms with Crippen LogP contribution in [0.5, 0.6) is 0 Å². The van der Waals surface area contributed by atoms with Gasteiger partial charge in [0, 0.05) is 39.4 Å². The summed E-state index contributed by atoms with van der Waals surface area (Å²) >= 11 is 0. The summed E-state index contributed by atoms with van der Waals surface area (Å²) in [6.07, 6.45) is 3.46. The van der Waals surface area contributed by atoms with Crippen LogP contribution in [0.15, 0.2) is 41.5 Å². The molecule has 0 aliphatic rings. The molecular weight excluding hydrogens is 254 g/mol. The zero-order chi connectivity index (χ0) is 14.4. The van der Waals surface area contributed by atoms with E-state index >= 15 is 0 Å². The van der Waals surface area contributed by atoms with Crippen LogP contribution >= 0.6 is 0 Å². The van der Waals surface area contributed by atoms with Crippen molar-refractivity contribution < 1.29 is 0 Å². The minimum Gasteiger partial charge on any atom is -0.376 e. The fourth-order valence-corrected chi connectivity index (χ4v) is 1.74. The van der Waals surface area contributed by atoms with Gasteiger partial charge in [0.25, 0.3) is 5.56 Å². The Morgan fingerprint density at radius 2 is 2.20 bits per heavy atom. The molecule has 0 fully saturated rings. The maximum atomic E-state index is 11.8. The summed E-state index contributed by atoms with van der Waals surface area (Å²) in [5.74, 6) is 0. The SMILES string of the molecule is CN(C)c1cnn(CCNCc2ccccn2)c(=O)c1.